The monoisotopic (exact) mass is 532 g/mol. The Balaban J connectivity index is 1.60. The number of amidine groups is 1. The molecule has 0 heterocycles. The fourth-order valence-electron chi connectivity index (χ4n) is 5.48. The Hall–Kier alpha value is -4.82. The summed E-state index contributed by atoms with van der Waals surface area (Å²) in [4.78, 5) is 10.1. The predicted octanol–water partition coefficient (Wildman–Crippen LogP) is 8.60. The van der Waals surface area contributed by atoms with Crippen molar-refractivity contribution < 1.29 is 0 Å². The average molecular weight is 533 g/mol. The van der Waals surface area contributed by atoms with Gasteiger partial charge in [-0.3, -0.25) is 4.99 Å². The molecule has 0 saturated carbocycles. The normalized spacial score (nSPS) is 14.0. The van der Waals surface area contributed by atoms with Crippen LogP contribution in [-0.2, 0) is 0 Å². The second-order valence-corrected chi connectivity index (χ2v) is 10.2. The van der Waals surface area contributed by atoms with E-state index in [2.05, 4.69) is 131 Å². The Bertz CT molecular complexity index is 1860. The second kappa shape index (κ2) is 12.6. The van der Waals surface area contributed by atoms with E-state index in [0.717, 1.165) is 22.7 Å². The summed E-state index contributed by atoms with van der Waals surface area (Å²) in [5.41, 5.74) is 7.85. The van der Waals surface area contributed by atoms with Gasteiger partial charge in [-0.05, 0) is 76.7 Å². The molecule has 0 fully saturated rings. The van der Waals surface area contributed by atoms with E-state index in [1.165, 1.54) is 43.5 Å². The summed E-state index contributed by atoms with van der Waals surface area (Å²) in [6.45, 7) is 12.5. The van der Waals surface area contributed by atoms with E-state index in [9.17, 15) is 0 Å². The number of rotatable bonds is 6. The molecule has 5 aromatic rings. The Morgan fingerprint density at radius 2 is 1.34 bits per heavy atom. The third kappa shape index (κ3) is 5.88. The summed E-state index contributed by atoms with van der Waals surface area (Å²) < 4.78 is 0. The van der Waals surface area contributed by atoms with Crippen LogP contribution in [0.1, 0.15) is 49.1 Å². The minimum atomic E-state index is -0.00996. The summed E-state index contributed by atoms with van der Waals surface area (Å²) in [5.74, 6) is 0.735. The van der Waals surface area contributed by atoms with Crippen LogP contribution < -0.4 is 10.4 Å². The van der Waals surface area contributed by atoms with Gasteiger partial charge in [-0.25, -0.2) is 4.99 Å². The molecule has 5 aromatic carbocycles. The first kappa shape index (κ1) is 27.7. The van der Waals surface area contributed by atoms with E-state index in [1.807, 2.05) is 30.3 Å². The summed E-state index contributed by atoms with van der Waals surface area (Å²) in [7, 11) is 0. The first-order valence-electron chi connectivity index (χ1n) is 14.2. The minimum absolute atomic E-state index is 0.00996. The molecule has 5 rings (SSSR count). The number of aryl methyl sites for hydroxylation is 1. The van der Waals surface area contributed by atoms with Gasteiger partial charge in [0.1, 0.15) is 0 Å². The predicted molar refractivity (Wildman–Crippen MR) is 178 cm³/mol. The summed E-state index contributed by atoms with van der Waals surface area (Å²) in [5, 5.41) is 4.96. The van der Waals surface area contributed by atoms with Gasteiger partial charge in [0.15, 0.2) is 5.84 Å². The molecule has 1 unspecified atom stereocenters. The van der Waals surface area contributed by atoms with E-state index in [0.29, 0.717) is 0 Å². The molecule has 2 nitrogen and oxygen atoms in total. The Morgan fingerprint density at radius 1 is 0.732 bits per heavy atom. The van der Waals surface area contributed by atoms with Crippen molar-refractivity contribution in [2.24, 2.45) is 9.98 Å². The Morgan fingerprint density at radius 3 is 1.98 bits per heavy atom. The van der Waals surface area contributed by atoms with Crippen LogP contribution in [0.15, 0.2) is 132 Å². The smallest absolute Gasteiger partial charge is 0.155 e. The Kier molecular flexibility index (Phi) is 8.50. The lowest BCUT2D eigenvalue weighted by Gasteiger charge is -2.14. The lowest BCUT2D eigenvalue weighted by atomic mass is 9.90. The topological polar surface area (TPSA) is 24.7 Å². The SMILES string of the molecule is C=C/C=c1/c(-c2ccc(/C(C)=N/C(=N\C(C)c3ccccc3)c3ccccc3)cc2)c2ccccc2c(C)/c1=C/C. The van der Waals surface area contributed by atoms with Crippen LogP contribution in [0.4, 0.5) is 0 Å². The van der Waals surface area contributed by atoms with Gasteiger partial charge < -0.3 is 0 Å². The van der Waals surface area contributed by atoms with Crippen LogP contribution in [0.3, 0.4) is 0 Å². The van der Waals surface area contributed by atoms with Gasteiger partial charge in [0.05, 0.1) is 6.04 Å². The van der Waals surface area contributed by atoms with Crippen LogP contribution in [0.2, 0.25) is 0 Å². The van der Waals surface area contributed by atoms with Crippen molar-refractivity contribution in [1.82, 2.24) is 0 Å². The average Bonchev–Trinajstić information content (AvgIpc) is 3.02. The van der Waals surface area contributed by atoms with Gasteiger partial charge in [0.2, 0.25) is 0 Å². The van der Waals surface area contributed by atoms with Crippen molar-refractivity contribution in [3.8, 4) is 11.1 Å². The number of allylic oxidation sites excluding steroid dienone is 1. The van der Waals surface area contributed by atoms with Gasteiger partial charge >= 0.3 is 0 Å². The molecule has 0 bridgehead atoms. The van der Waals surface area contributed by atoms with Crippen LogP contribution in [0, 0.1) is 6.92 Å². The molecule has 41 heavy (non-hydrogen) atoms. The van der Waals surface area contributed by atoms with Crippen LogP contribution in [0.25, 0.3) is 34.1 Å². The summed E-state index contributed by atoms with van der Waals surface area (Å²) >= 11 is 0. The number of hydrogen-bond donors (Lipinski definition) is 0. The number of nitrogens with zero attached hydrogens (tertiary/aromatic N) is 2. The van der Waals surface area contributed by atoms with Crippen molar-refractivity contribution >= 4 is 34.5 Å². The molecule has 2 heteroatoms. The fourth-order valence-corrected chi connectivity index (χ4v) is 5.48. The van der Waals surface area contributed by atoms with Crippen LogP contribution in [-0.4, -0.2) is 11.5 Å². The molecule has 0 amide bonds. The van der Waals surface area contributed by atoms with Gasteiger partial charge in [0, 0.05) is 11.3 Å². The zero-order chi connectivity index (χ0) is 28.8. The number of hydrogen-bond acceptors (Lipinski definition) is 1. The van der Waals surface area contributed by atoms with Crippen LogP contribution >= 0.6 is 0 Å². The standard InChI is InChI=1S/C39H36N2/c1-6-16-36-34(7-2)27(3)35-21-14-15-22-37(35)38(36)32-25-23-31(24-26-32)29(5)41-39(33-19-12-9-13-20-33)40-28(4)30-17-10-8-11-18-30/h6-26,28H,1H2,2-5H3/b34-7-,36-16+,40-39-,41-29+. The number of benzene rings is 5. The quantitative estimate of drug-likeness (QED) is 0.155. The molecule has 0 aliphatic carbocycles. The maximum absolute atomic E-state index is 5.06. The zero-order valence-corrected chi connectivity index (χ0v) is 24.3. The second-order valence-electron chi connectivity index (χ2n) is 10.2. The van der Waals surface area contributed by atoms with Gasteiger partial charge in [-0.2, -0.15) is 0 Å². The van der Waals surface area contributed by atoms with Gasteiger partial charge in [0.25, 0.3) is 0 Å². The minimum Gasteiger partial charge on any atom is -0.258 e. The number of aliphatic imine (C=N–C) groups is 2. The molecule has 0 saturated heterocycles. The molecule has 1 atom stereocenters. The lowest BCUT2D eigenvalue weighted by molar-refractivity contribution is 0.818. The zero-order valence-electron chi connectivity index (χ0n) is 24.3. The summed E-state index contributed by atoms with van der Waals surface area (Å²) in [6.07, 6.45) is 6.21. The highest BCUT2D eigenvalue weighted by molar-refractivity contribution is 6.11. The van der Waals surface area contributed by atoms with E-state index in [4.69, 9.17) is 9.98 Å². The molecular formula is C39H36N2. The van der Waals surface area contributed by atoms with Crippen molar-refractivity contribution in [2.75, 3.05) is 0 Å². The lowest BCUT2D eigenvalue weighted by Crippen LogP contribution is -2.29. The maximum Gasteiger partial charge on any atom is 0.155 e. The molecular weight excluding hydrogens is 496 g/mol. The molecule has 0 spiro atoms. The third-order valence-corrected chi connectivity index (χ3v) is 7.63. The fraction of sp³-hybridized carbons (Fsp3) is 0.128. The van der Waals surface area contributed by atoms with Crippen LogP contribution in [0.5, 0.6) is 0 Å². The first-order chi connectivity index (χ1) is 20.0. The third-order valence-electron chi connectivity index (χ3n) is 7.63. The van der Waals surface area contributed by atoms with Crippen molar-refractivity contribution in [3.05, 3.63) is 155 Å². The number of fused-ring (bicyclic) bond motifs is 1. The maximum atomic E-state index is 5.06. The summed E-state index contributed by atoms with van der Waals surface area (Å²) in [6, 6.07) is 38.0. The van der Waals surface area contributed by atoms with Crippen molar-refractivity contribution in [3.63, 3.8) is 0 Å². The highest BCUT2D eigenvalue weighted by atomic mass is 14.9. The largest absolute Gasteiger partial charge is 0.258 e. The molecule has 0 radical (unpaired) electrons. The first-order valence-corrected chi connectivity index (χ1v) is 14.2. The van der Waals surface area contributed by atoms with Gasteiger partial charge in [-0.15, -0.1) is 0 Å². The molecule has 202 valence electrons. The molecule has 0 N–H and O–H groups in total. The van der Waals surface area contributed by atoms with Crippen molar-refractivity contribution in [2.45, 2.75) is 33.7 Å². The van der Waals surface area contributed by atoms with Crippen molar-refractivity contribution in [1.29, 1.82) is 0 Å². The molecule has 0 aromatic heterocycles. The van der Waals surface area contributed by atoms with E-state index in [1.54, 1.807) is 0 Å². The van der Waals surface area contributed by atoms with E-state index in [-0.39, 0.29) is 6.04 Å². The highest BCUT2D eigenvalue weighted by Crippen LogP contribution is 2.27. The molecule has 0 aliphatic heterocycles. The van der Waals surface area contributed by atoms with Gasteiger partial charge in [-0.1, -0.05) is 134 Å². The van der Waals surface area contributed by atoms with E-state index < -0.39 is 0 Å². The Labute approximate surface area is 243 Å². The molecule has 0 aliphatic rings. The van der Waals surface area contributed by atoms with E-state index >= 15 is 0 Å². The highest BCUT2D eigenvalue weighted by Gasteiger charge is 2.12.